The molecule has 7 atom stereocenters. The lowest BCUT2D eigenvalue weighted by Gasteiger charge is -2.60. The average Bonchev–Trinajstić information content (AvgIpc) is 3.15. The summed E-state index contributed by atoms with van der Waals surface area (Å²) in [5.41, 5.74) is 2.68. The number of β-amino-alcohol motifs (C(OH)–C–C–N with tert-alkyl or cyclic N) is 1. The van der Waals surface area contributed by atoms with Gasteiger partial charge in [-0.1, -0.05) is 46.6 Å². The normalized spacial score (nSPS) is 46.7. The molecule has 5 aliphatic rings. The molecule has 2 aliphatic heterocycles. The van der Waals surface area contributed by atoms with E-state index >= 15 is 0 Å². The Kier molecular flexibility index (Phi) is 5.90. The maximum absolute atomic E-state index is 10.5. The molecule has 2 heterocycles. The number of aliphatic hydroxyl groups is 2. The molecular weight excluding hydrogens is 414 g/mol. The number of hydrogen-bond donors (Lipinski definition) is 2. The molecule has 188 valence electrons. The summed E-state index contributed by atoms with van der Waals surface area (Å²) in [6.07, 6.45) is 7.49. The topological polar surface area (TPSA) is 62.2 Å². The van der Waals surface area contributed by atoms with Crippen molar-refractivity contribution in [1.82, 2.24) is 4.90 Å². The van der Waals surface area contributed by atoms with E-state index in [0.717, 1.165) is 45.1 Å². The van der Waals surface area contributed by atoms with Crippen LogP contribution < -0.4 is 0 Å². The van der Waals surface area contributed by atoms with Crippen LogP contribution >= 0.6 is 0 Å². The highest BCUT2D eigenvalue weighted by molar-refractivity contribution is 5.34. The third kappa shape index (κ3) is 3.59. The van der Waals surface area contributed by atoms with Crippen molar-refractivity contribution in [3.8, 4) is 0 Å². The molecule has 5 heteroatoms. The maximum atomic E-state index is 10.5. The SMILES string of the molecule is CCC1(O)CN(C[C@@H]2O[C@@H]3C4=C(C)CC[C@@](C)(CC5[C@H](CO)CCC[C@@]5(C)[C@@H]3O2)C4(C)C)C1. The Morgan fingerprint density at radius 2 is 1.82 bits per heavy atom. The standard InChI is InChI=1S/C28H47NO4/c1-7-28(31)16-29(17-28)14-21-32-23-22-18(2)10-12-26(5,25(22,3)4)13-20-19(15-30)9-8-11-27(20,6)24(23)33-21/h19-21,23-24,30-31H,7-17H2,1-6H3/t19-,20?,21+,23+,24+,26-,27+/m0/s1. The molecule has 0 aromatic heterocycles. The first-order valence-electron chi connectivity index (χ1n) is 13.5. The summed E-state index contributed by atoms with van der Waals surface area (Å²) in [5, 5.41) is 20.9. The largest absolute Gasteiger partial charge is 0.396 e. The van der Waals surface area contributed by atoms with Crippen molar-refractivity contribution < 1.29 is 19.7 Å². The maximum Gasteiger partial charge on any atom is 0.171 e. The predicted octanol–water partition coefficient (Wildman–Crippen LogP) is 4.51. The fourth-order valence-electron chi connectivity index (χ4n) is 8.51. The Labute approximate surface area is 200 Å². The molecule has 0 radical (unpaired) electrons. The van der Waals surface area contributed by atoms with Crippen molar-refractivity contribution >= 4 is 0 Å². The van der Waals surface area contributed by atoms with Gasteiger partial charge >= 0.3 is 0 Å². The molecule has 0 spiro atoms. The summed E-state index contributed by atoms with van der Waals surface area (Å²) in [7, 11) is 0. The molecular formula is C28H47NO4. The highest BCUT2D eigenvalue weighted by Gasteiger charge is 2.63. The second kappa shape index (κ2) is 8.03. The van der Waals surface area contributed by atoms with Crippen LogP contribution in [0.15, 0.2) is 11.1 Å². The van der Waals surface area contributed by atoms with E-state index in [2.05, 4.69) is 46.4 Å². The van der Waals surface area contributed by atoms with E-state index in [9.17, 15) is 10.2 Å². The van der Waals surface area contributed by atoms with E-state index in [-0.39, 0.29) is 41.3 Å². The van der Waals surface area contributed by atoms with Gasteiger partial charge in [0.05, 0.1) is 11.7 Å². The van der Waals surface area contributed by atoms with E-state index in [1.54, 1.807) is 0 Å². The van der Waals surface area contributed by atoms with Gasteiger partial charge in [-0.3, -0.25) is 4.90 Å². The van der Waals surface area contributed by atoms with Crippen LogP contribution in [0.3, 0.4) is 0 Å². The van der Waals surface area contributed by atoms with Crippen LogP contribution in [-0.4, -0.2) is 65.5 Å². The molecule has 5 nitrogen and oxygen atoms in total. The smallest absolute Gasteiger partial charge is 0.171 e. The minimum absolute atomic E-state index is 0.00476. The monoisotopic (exact) mass is 461 g/mol. The van der Waals surface area contributed by atoms with Crippen LogP contribution in [0.25, 0.3) is 0 Å². The van der Waals surface area contributed by atoms with Crippen LogP contribution in [0, 0.1) is 28.1 Å². The fraction of sp³-hybridized carbons (Fsp3) is 0.929. The van der Waals surface area contributed by atoms with E-state index < -0.39 is 5.60 Å². The number of allylic oxidation sites excluding steroid dienone is 1. The first-order valence-corrected chi connectivity index (χ1v) is 13.5. The van der Waals surface area contributed by atoms with E-state index in [1.165, 1.54) is 17.6 Å². The lowest BCUT2D eigenvalue weighted by atomic mass is 9.45. The van der Waals surface area contributed by atoms with Crippen molar-refractivity contribution in [3.63, 3.8) is 0 Å². The van der Waals surface area contributed by atoms with Crippen LogP contribution in [0.4, 0.5) is 0 Å². The molecule has 3 aliphatic carbocycles. The Morgan fingerprint density at radius 3 is 2.48 bits per heavy atom. The van der Waals surface area contributed by atoms with Crippen LogP contribution in [0.1, 0.15) is 86.5 Å². The van der Waals surface area contributed by atoms with Crippen molar-refractivity contribution in [3.05, 3.63) is 11.1 Å². The Bertz CT molecular complexity index is 802. The van der Waals surface area contributed by atoms with Crippen LogP contribution in [-0.2, 0) is 9.47 Å². The van der Waals surface area contributed by atoms with Gasteiger partial charge in [-0.05, 0) is 79.1 Å². The molecule has 4 fully saturated rings. The second-order valence-electron chi connectivity index (χ2n) is 13.3. The highest BCUT2D eigenvalue weighted by atomic mass is 16.7. The van der Waals surface area contributed by atoms with Gasteiger partial charge in [-0.15, -0.1) is 0 Å². The fourth-order valence-corrected chi connectivity index (χ4v) is 8.51. The third-order valence-electron chi connectivity index (χ3n) is 11.2. The number of hydrogen-bond acceptors (Lipinski definition) is 5. The van der Waals surface area contributed by atoms with Gasteiger partial charge in [0, 0.05) is 26.2 Å². The van der Waals surface area contributed by atoms with Gasteiger partial charge in [0.1, 0.15) is 6.10 Å². The van der Waals surface area contributed by atoms with Gasteiger partial charge in [-0.25, -0.2) is 0 Å². The number of nitrogens with zero attached hydrogens (tertiary/aromatic N) is 1. The van der Waals surface area contributed by atoms with E-state index in [0.29, 0.717) is 24.9 Å². The van der Waals surface area contributed by atoms with Gasteiger partial charge in [0.15, 0.2) is 6.29 Å². The Morgan fingerprint density at radius 1 is 1.09 bits per heavy atom. The number of fused-ring (bicyclic) bond motifs is 6. The van der Waals surface area contributed by atoms with Crippen molar-refractivity contribution in [2.24, 2.45) is 28.1 Å². The molecule has 33 heavy (non-hydrogen) atoms. The first-order chi connectivity index (χ1) is 15.5. The summed E-state index contributed by atoms with van der Waals surface area (Å²) in [5.74, 6) is 0.799. The average molecular weight is 462 g/mol. The molecule has 0 aromatic carbocycles. The number of rotatable bonds is 4. The van der Waals surface area contributed by atoms with Crippen molar-refractivity contribution in [2.45, 2.75) is 111 Å². The molecule has 2 bridgehead atoms. The first kappa shape index (κ1) is 24.2. The van der Waals surface area contributed by atoms with Crippen molar-refractivity contribution in [2.75, 3.05) is 26.2 Å². The summed E-state index contributed by atoms with van der Waals surface area (Å²) in [6.45, 7) is 16.6. The minimum Gasteiger partial charge on any atom is -0.396 e. The summed E-state index contributed by atoms with van der Waals surface area (Å²) in [4.78, 5) is 2.28. The second-order valence-corrected chi connectivity index (χ2v) is 13.3. The molecule has 1 unspecified atom stereocenters. The Hall–Kier alpha value is -0.460. The number of ether oxygens (including phenoxy) is 2. The summed E-state index contributed by atoms with van der Waals surface area (Å²) < 4.78 is 13.7. The molecule has 2 N–H and O–H groups in total. The lowest BCUT2D eigenvalue weighted by Crippen LogP contribution is -2.62. The lowest BCUT2D eigenvalue weighted by molar-refractivity contribution is -0.159. The van der Waals surface area contributed by atoms with Gasteiger partial charge < -0.3 is 19.7 Å². The van der Waals surface area contributed by atoms with Gasteiger partial charge in [-0.2, -0.15) is 0 Å². The molecule has 5 rings (SSSR count). The van der Waals surface area contributed by atoms with Crippen molar-refractivity contribution in [1.29, 1.82) is 0 Å². The predicted molar refractivity (Wildman–Crippen MR) is 130 cm³/mol. The summed E-state index contributed by atoms with van der Waals surface area (Å²) >= 11 is 0. The van der Waals surface area contributed by atoms with E-state index in [1.807, 2.05) is 0 Å². The summed E-state index contributed by atoms with van der Waals surface area (Å²) in [6, 6.07) is 0. The zero-order valence-corrected chi connectivity index (χ0v) is 21.8. The molecule has 2 saturated carbocycles. The molecule has 2 saturated heterocycles. The Balaban J connectivity index is 1.51. The number of aliphatic hydroxyl groups excluding tert-OH is 1. The molecule has 0 amide bonds. The zero-order chi connectivity index (χ0) is 23.8. The zero-order valence-electron chi connectivity index (χ0n) is 21.8. The number of likely N-dealkylation sites (tertiary alicyclic amines) is 1. The quantitative estimate of drug-likeness (QED) is 0.603. The minimum atomic E-state index is -0.540. The van der Waals surface area contributed by atoms with E-state index in [4.69, 9.17) is 9.47 Å². The molecule has 0 aromatic rings. The highest BCUT2D eigenvalue weighted by Crippen LogP contribution is 2.65. The third-order valence-corrected chi connectivity index (χ3v) is 11.2. The van der Waals surface area contributed by atoms with Crippen LogP contribution in [0.2, 0.25) is 0 Å². The van der Waals surface area contributed by atoms with Crippen LogP contribution in [0.5, 0.6) is 0 Å². The van der Waals surface area contributed by atoms with Gasteiger partial charge in [0.25, 0.3) is 0 Å². The van der Waals surface area contributed by atoms with Gasteiger partial charge in [0.2, 0.25) is 0 Å².